The number of ketones is 1. The molecule has 1 N–H and O–H groups in total. The maximum absolute atomic E-state index is 14.4. The number of aliphatic hydroxyl groups is 1. The molecule has 3 aromatic carbocycles. The Bertz CT molecular complexity index is 1250. The summed E-state index contributed by atoms with van der Waals surface area (Å²) in [5, 5.41) is 11.7. The van der Waals surface area contributed by atoms with Crippen LogP contribution in [0.5, 0.6) is 0 Å². The predicted molar refractivity (Wildman–Crippen MR) is 125 cm³/mol. The highest BCUT2D eigenvalue weighted by Gasteiger charge is 2.51. The Morgan fingerprint density at radius 1 is 1.03 bits per heavy atom. The molecule has 5 rings (SSSR count). The summed E-state index contributed by atoms with van der Waals surface area (Å²) in [6.45, 7) is -0.142. The van der Waals surface area contributed by atoms with Crippen molar-refractivity contribution in [3.8, 4) is 0 Å². The summed E-state index contributed by atoms with van der Waals surface area (Å²) >= 11 is 6.18. The summed E-state index contributed by atoms with van der Waals surface area (Å²) in [5.74, 6) is -1.50. The monoisotopic (exact) mass is 463 g/mol. The van der Waals surface area contributed by atoms with Gasteiger partial charge in [0.05, 0.1) is 18.7 Å². The highest BCUT2D eigenvalue weighted by Crippen LogP contribution is 2.44. The zero-order valence-electron chi connectivity index (χ0n) is 18.0. The maximum atomic E-state index is 14.4. The van der Waals surface area contributed by atoms with Gasteiger partial charge >= 0.3 is 0 Å². The van der Waals surface area contributed by atoms with Gasteiger partial charge in [-0.05, 0) is 61.1 Å². The summed E-state index contributed by atoms with van der Waals surface area (Å²) in [4.78, 5) is 28.0. The van der Waals surface area contributed by atoms with Gasteiger partial charge in [-0.3, -0.25) is 9.59 Å². The average molecular weight is 464 g/mol. The lowest BCUT2D eigenvalue weighted by atomic mass is 9.85. The third-order valence-corrected chi connectivity index (χ3v) is 7.06. The van der Waals surface area contributed by atoms with E-state index in [0.717, 1.165) is 31.2 Å². The first-order valence-electron chi connectivity index (χ1n) is 11.1. The van der Waals surface area contributed by atoms with E-state index in [1.807, 2.05) is 12.1 Å². The smallest absolute Gasteiger partial charge is 0.264 e. The quantitative estimate of drug-likeness (QED) is 0.518. The van der Waals surface area contributed by atoms with Gasteiger partial charge in [0.15, 0.2) is 11.4 Å². The fourth-order valence-electron chi connectivity index (χ4n) is 4.92. The zero-order valence-corrected chi connectivity index (χ0v) is 18.7. The van der Waals surface area contributed by atoms with E-state index >= 15 is 0 Å². The van der Waals surface area contributed by atoms with E-state index < -0.39 is 17.3 Å². The Balaban J connectivity index is 1.47. The van der Waals surface area contributed by atoms with Gasteiger partial charge in [-0.25, -0.2) is 4.39 Å². The van der Waals surface area contributed by atoms with Crippen LogP contribution in [0, 0.1) is 5.82 Å². The van der Waals surface area contributed by atoms with E-state index in [1.54, 1.807) is 36.4 Å². The normalized spacial score (nSPS) is 19.4. The van der Waals surface area contributed by atoms with Crippen LogP contribution in [-0.4, -0.2) is 16.8 Å². The minimum absolute atomic E-state index is 0.142. The average Bonchev–Trinajstić information content (AvgIpc) is 3.02. The van der Waals surface area contributed by atoms with E-state index in [4.69, 9.17) is 11.6 Å². The first kappa shape index (κ1) is 21.8. The Labute approximate surface area is 196 Å². The summed E-state index contributed by atoms with van der Waals surface area (Å²) in [5.41, 5.74) is 1.83. The van der Waals surface area contributed by atoms with Gasteiger partial charge in [0.25, 0.3) is 5.91 Å². The van der Waals surface area contributed by atoms with Crippen LogP contribution < -0.4 is 4.90 Å². The van der Waals surface area contributed by atoms with Crippen molar-refractivity contribution in [2.24, 2.45) is 0 Å². The molecule has 0 radical (unpaired) electrons. The number of fused-ring (bicyclic) bond motifs is 2. The van der Waals surface area contributed by atoms with Crippen molar-refractivity contribution in [2.45, 2.75) is 44.2 Å². The van der Waals surface area contributed by atoms with Crippen molar-refractivity contribution in [3.63, 3.8) is 0 Å². The van der Waals surface area contributed by atoms with Crippen molar-refractivity contribution in [2.75, 3.05) is 4.90 Å². The Kier molecular flexibility index (Phi) is 5.55. The number of carbonyl (C=O) groups excluding carboxylic acids is 2. The largest absolute Gasteiger partial charge is 0.375 e. The van der Waals surface area contributed by atoms with Gasteiger partial charge in [-0.1, -0.05) is 48.0 Å². The van der Waals surface area contributed by atoms with Crippen molar-refractivity contribution in [1.29, 1.82) is 0 Å². The minimum atomic E-state index is -2.03. The summed E-state index contributed by atoms with van der Waals surface area (Å²) in [7, 11) is 0. The number of hydrogen-bond donors (Lipinski definition) is 1. The molecule has 0 spiro atoms. The number of hydrogen-bond acceptors (Lipinski definition) is 3. The molecule has 0 saturated carbocycles. The zero-order chi connectivity index (χ0) is 23.2. The Morgan fingerprint density at radius 2 is 1.79 bits per heavy atom. The number of carbonyl (C=O) groups is 2. The summed E-state index contributed by atoms with van der Waals surface area (Å²) in [6, 6.07) is 16.7. The molecule has 1 atom stereocenters. The molecule has 168 valence electrons. The van der Waals surface area contributed by atoms with Gasteiger partial charge < -0.3 is 10.0 Å². The minimum Gasteiger partial charge on any atom is -0.375 e. The van der Waals surface area contributed by atoms with E-state index in [0.29, 0.717) is 16.8 Å². The molecule has 0 fully saturated rings. The van der Waals surface area contributed by atoms with Crippen LogP contribution in [0.25, 0.3) is 0 Å². The fourth-order valence-corrected chi connectivity index (χ4v) is 5.14. The second-order valence-corrected chi connectivity index (χ2v) is 9.17. The second kappa shape index (κ2) is 8.40. The number of nitrogens with zero attached hydrogens (tertiary/aromatic N) is 1. The van der Waals surface area contributed by atoms with Crippen LogP contribution in [0.2, 0.25) is 5.02 Å². The van der Waals surface area contributed by atoms with E-state index in [1.165, 1.54) is 22.6 Å². The topological polar surface area (TPSA) is 57.6 Å². The first-order chi connectivity index (χ1) is 15.9. The molecule has 6 heteroatoms. The summed E-state index contributed by atoms with van der Waals surface area (Å²) < 4.78 is 14.4. The molecule has 1 aliphatic carbocycles. The summed E-state index contributed by atoms with van der Waals surface area (Å²) in [6.07, 6.45) is 3.79. The molecule has 3 aromatic rings. The molecular weight excluding hydrogens is 441 g/mol. The highest BCUT2D eigenvalue weighted by molar-refractivity contribution is 6.31. The lowest BCUT2D eigenvalue weighted by Gasteiger charge is -2.23. The van der Waals surface area contributed by atoms with Gasteiger partial charge in [0.1, 0.15) is 5.82 Å². The number of amides is 1. The molecular formula is C27H23ClFNO3. The van der Waals surface area contributed by atoms with Gasteiger partial charge in [0, 0.05) is 21.7 Å². The lowest BCUT2D eigenvalue weighted by Crippen LogP contribution is -2.41. The molecule has 1 unspecified atom stereocenters. The second-order valence-electron chi connectivity index (χ2n) is 8.76. The SMILES string of the molecule is O=C(CC1(O)C(=O)N(Cc2c(F)cccc2Cl)c2ccccc21)c1ccc2c(c1)CCCC2. The van der Waals surface area contributed by atoms with E-state index in [-0.39, 0.29) is 29.3 Å². The standard InChI is InChI=1S/C27H23ClFNO3/c28-22-9-5-10-23(29)20(22)16-30-24-11-4-3-8-21(24)27(33,26(30)32)15-25(31)19-13-12-17-6-1-2-7-18(17)14-19/h3-5,8-14,33H,1-2,6-7,15-16H2. The highest BCUT2D eigenvalue weighted by atomic mass is 35.5. The van der Waals surface area contributed by atoms with Crippen molar-refractivity contribution >= 4 is 29.0 Å². The predicted octanol–water partition coefficient (Wildman–Crippen LogP) is 5.37. The van der Waals surface area contributed by atoms with Crippen molar-refractivity contribution in [1.82, 2.24) is 0 Å². The Hall–Kier alpha value is -3.02. The molecule has 4 nitrogen and oxygen atoms in total. The first-order valence-corrected chi connectivity index (χ1v) is 11.5. The number of Topliss-reactive ketones (excluding diaryl/α,β-unsaturated/α-hetero) is 1. The Morgan fingerprint density at radius 3 is 2.58 bits per heavy atom. The number of benzene rings is 3. The molecule has 1 heterocycles. The molecule has 33 heavy (non-hydrogen) atoms. The van der Waals surface area contributed by atoms with Gasteiger partial charge in [-0.2, -0.15) is 0 Å². The van der Waals surface area contributed by atoms with Crippen LogP contribution in [-0.2, 0) is 29.8 Å². The van der Waals surface area contributed by atoms with Crippen LogP contribution >= 0.6 is 11.6 Å². The van der Waals surface area contributed by atoms with Crippen LogP contribution in [0.1, 0.15) is 51.9 Å². The molecule has 1 amide bonds. The number of rotatable bonds is 5. The van der Waals surface area contributed by atoms with Gasteiger partial charge in [-0.15, -0.1) is 0 Å². The van der Waals surface area contributed by atoms with Crippen molar-refractivity contribution < 1.29 is 19.1 Å². The molecule has 0 aromatic heterocycles. The maximum Gasteiger partial charge on any atom is 0.264 e. The van der Waals surface area contributed by atoms with Crippen molar-refractivity contribution in [3.05, 3.63) is 99.3 Å². The van der Waals surface area contributed by atoms with E-state index in [2.05, 4.69) is 0 Å². The van der Waals surface area contributed by atoms with Crippen LogP contribution in [0.3, 0.4) is 0 Å². The molecule has 2 aliphatic rings. The number of aryl methyl sites for hydroxylation is 2. The third-order valence-electron chi connectivity index (χ3n) is 6.70. The third kappa shape index (κ3) is 3.75. The lowest BCUT2D eigenvalue weighted by molar-refractivity contribution is -0.136. The molecule has 0 saturated heterocycles. The fraction of sp³-hybridized carbons (Fsp3) is 0.259. The molecule has 1 aliphatic heterocycles. The van der Waals surface area contributed by atoms with Crippen LogP contribution in [0.15, 0.2) is 60.7 Å². The number of para-hydroxylation sites is 1. The number of halogens is 2. The van der Waals surface area contributed by atoms with Gasteiger partial charge in [0.2, 0.25) is 0 Å². The van der Waals surface area contributed by atoms with Crippen LogP contribution in [0.4, 0.5) is 10.1 Å². The number of anilines is 1. The molecule has 0 bridgehead atoms. The van der Waals surface area contributed by atoms with E-state index in [9.17, 15) is 19.1 Å².